The number of ether oxygens (including phenoxy) is 1. The Kier molecular flexibility index (Phi) is 4.00. The summed E-state index contributed by atoms with van der Waals surface area (Å²) >= 11 is 0. The predicted octanol–water partition coefficient (Wildman–Crippen LogP) is 2.97. The molecule has 3 rings (SSSR count). The van der Waals surface area contributed by atoms with E-state index in [4.69, 9.17) is 4.74 Å². The Hall–Kier alpha value is -1.84. The Morgan fingerprint density at radius 3 is 2.55 bits per heavy atom. The van der Waals surface area contributed by atoms with Gasteiger partial charge in [0.15, 0.2) is 0 Å². The lowest BCUT2D eigenvalue weighted by atomic mass is 10.1. The molecule has 0 saturated carbocycles. The van der Waals surface area contributed by atoms with E-state index in [1.54, 1.807) is 12.1 Å². The highest BCUT2D eigenvalue weighted by molar-refractivity contribution is 5.27. The summed E-state index contributed by atoms with van der Waals surface area (Å²) in [6, 6.07) is 17.8. The number of rotatable bonds is 3. The molecule has 0 aliphatic carbocycles. The highest BCUT2D eigenvalue weighted by Crippen LogP contribution is 2.24. The molecular formula is C17H19NO2. The lowest BCUT2D eigenvalue weighted by Crippen LogP contribution is -2.37. The van der Waals surface area contributed by atoms with Gasteiger partial charge in [0.2, 0.25) is 0 Å². The van der Waals surface area contributed by atoms with Crippen LogP contribution in [-0.2, 0) is 11.3 Å². The van der Waals surface area contributed by atoms with E-state index in [0.717, 1.165) is 31.8 Å². The quantitative estimate of drug-likeness (QED) is 0.930. The van der Waals surface area contributed by atoms with Gasteiger partial charge in [-0.05, 0) is 23.3 Å². The summed E-state index contributed by atoms with van der Waals surface area (Å²) in [6.45, 7) is 3.56. The third kappa shape index (κ3) is 3.18. The average Bonchev–Trinajstić information content (AvgIpc) is 2.49. The second-order valence-electron chi connectivity index (χ2n) is 5.17. The summed E-state index contributed by atoms with van der Waals surface area (Å²) in [6.07, 6.45) is 0.0908. The zero-order valence-electron chi connectivity index (χ0n) is 11.4. The molecule has 0 bridgehead atoms. The topological polar surface area (TPSA) is 32.7 Å². The van der Waals surface area contributed by atoms with Crippen molar-refractivity contribution in [1.82, 2.24) is 4.90 Å². The molecule has 0 aromatic heterocycles. The van der Waals surface area contributed by atoms with Crippen LogP contribution in [0.5, 0.6) is 5.75 Å². The van der Waals surface area contributed by atoms with Gasteiger partial charge in [-0.2, -0.15) is 0 Å². The SMILES string of the molecule is Oc1ccc([C@@H]2CN(Cc3ccccc3)CCO2)cc1. The van der Waals surface area contributed by atoms with Crippen LogP contribution in [0.3, 0.4) is 0 Å². The highest BCUT2D eigenvalue weighted by atomic mass is 16.5. The molecule has 0 amide bonds. The van der Waals surface area contributed by atoms with Gasteiger partial charge in [0.05, 0.1) is 12.7 Å². The van der Waals surface area contributed by atoms with Crippen LogP contribution < -0.4 is 0 Å². The van der Waals surface area contributed by atoms with Gasteiger partial charge in [-0.15, -0.1) is 0 Å². The molecule has 104 valence electrons. The maximum absolute atomic E-state index is 9.35. The molecule has 3 heteroatoms. The molecule has 0 spiro atoms. The molecule has 1 aliphatic rings. The zero-order valence-corrected chi connectivity index (χ0v) is 11.4. The van der Waals surface area contributed by atoms with Crippen LogP contribution in [0.25, 0.3) is 0 Å². The van der Waals surface area contributed by atoms with E-state index in [2.05, 4.69) is 29.2 Å². The van der Waals surface area contributed by atoms with Crippen LogP contribution >= 0.6 is 0 Å². The van der Waals surface area contributed by atoms with Gasteiger partial charge in [0, 0.05) is 19.6 Å². The van der Waals surface area contributed by atoms with Crippen molar-refractivity contribution in [2.75, 3.05) is 19.7 Å². The normalized spacial score (nSPS) is 19.9. The van der Waals surface area contributed by atoms with Gasteiger partial charge in [-0.25, -0.2) is 0 Å². The zero-order chi connectivity index (χ0) is 13.8. The summed E-state index contributed by atoms with van der Waals surface area (Å²) in [5.74, 6) is 0.297. The second kappa shape index (κ2) is 6.07. The fourth-order valence-electron chi connectivity index (χ4n) is 2.58. The molecule has 1 N–H and O–H groups in total. The molecule has 1 atom stereocenters. The number of benzene rings is 2. The van der Waals surface area contributed by atoms with Crippen LogP contribution in [0.1, 0.15) is 17.2 Å². The van der Waals surface area contributed by atoms with Crippen molar-refractivity contribution in [3.8, 4) is 5.75 Å². The lowest BCUT2D eigenvalue weighted by molar-refractivity contribution is -0.0329. The van der Waals surface area contributed by atoms with E-state index in [1.165, 1.54) is 5.56 Å². The molecular weight excluding hydrogens is 250 g/mol. The van der Waals surface area contributed by atoms with E-state index in [1.807, 2.05) is 18.2 Å². The van der Waals surface area contributed by atoms with Gasteiger partial charge in [0.1, 0.15) is 5.75 Å². The minimum Gasteiger partial charge on any atom is -0.508 e. The number of hydrogen-bond acceptors (Lipinski definition) is 3. The van der Waals surface area contributed by atoms with Crippen molar-refractivity contribution in [1.29, 1.82) is 0 Å². The fourth-order valence-corrected chi connectivity index (χ4v) is 2.58. The van der Waals surface area contributed by atoms with E-state index in [0.29, 0.717) is 5.75 Å². The first kappa shape index (κ1) is 13.2. The summed E-state index contributed by atoms with van der Waals surface area (Å²) in [4.78, 5) is 2.41. The molecule has 0 radical (unpaired) electrons. The number of phenols is 1. The second-order valence-corrected chi connectivity index (χ2v) is 5.17. The van der Waals surface area contributed by atoms with Gasteiger partial charge >= 0.3 is 0 Å². The molecule has 3 nitrogen and oxygen atoms in total. The van der Waals surface area contributed by atoms with Crippen molar-refractivity contribution in [3.63, 3.8) is 0 Å². The van der Waals surface area contributed by atoms with E-state index >= 15 is 0 Å². The number of phenolic OH excluding ortho intramolecular Hbond substituents is 1. The van der Waals surface area contributed by atoms with Crippen LogP contribution in [0.4, 0.5) is 0 Å². The molecule has 0 unspecified atom stereocenters. The van der Waals surface area contributed by atoms with E-state index < -0.39 is 0 Å². The summed E-state index contributed by atoms with van der Waals surface area (Å²) in [7, 11) is 0. The number of hydrogen-bond donors (Lipinski definition) is 1. The fraction of sp³-hybridized carbons (Fsp3) is 0.294. The number of morpholine rings is 1. The Morgan fingerprint density at radius 2 is 1.80 bits per heavy atom. The van der Waals surface area contributed by atoms with Crippen LogP contribution in [0.2, 0.25) is 0 Å². The van der Waals surface area contributed by atoms with E-state index in [-0.39, 0.29) is 6.10 Å². The molecule has 2 aromatic carbocycles. The van der Waals surface area contributed by atoms with Crippen molar-refractivity contribution in [2.45, 2.75) is 12.6 Å². The first-order valence-electron chi connectivity index (χ1n) is 6.98. The average molecular weight is 269 g/mol. The standard InChI is InChI=1S/C17H19NO2/c19-16-8-6-15(7-9-16)17-13-18(10-11-20-17)12-14-4-2-1-3-5-14/h1-9,17,19H,10-13H2/t17-/m0/s1. The van der Waals surface area contributed by atoms with Gasteiger partial charge in [-0.1, -0.05) is 42.5 Å². The highest BCUT2D eigenvalue weighted by Gasteiger charge is 2.21. The maximum Gasteiger partial charge on any atom is 0.115 e. The molecule has 1 heterocycles. The minimum atomic E-state index is 0.0908. The van der Waals surface area contributed by atoms with Crippen LogP contribution in [-0.4, -0.2) is 29.7 Å². The van der Waals surface area contributed by atoms with Crippen LogP contribution in [0.15, 0.2) is 54.6 Å². The van der Waals surface area contributed by atoms with Crippen molar-refractivity contribution >= 4 is 0 Å². The molecule has 2 aromatic rings. The Morgan fingerprint density at radius 1 is 1.05 bits per heavy atom. The molecule has 1 fully saturated rings. The van der Waals surface area contributed by atoms with Crippen molar-refractivity contribution < 1.29 is 9.84 Å². The summed E-state index contributed by atoms with van der Waals surface area (Å²) in [5.41, 5.74) is 2.46. The largest absolute Gasteiger partial charge is 0.508 e. The first-order valence-corrected chi connectivity index (χ1v) is 6.98. The van der Waals surface area contributed by atoms with Crippen LogP contribution in [0, 0.1) is 0 Å². The number of aromatic hydroxyl groups is 1. The number of nitrogens with zero attached hydrogens (tertiary/aromatic N) is 1. The molecule has 20 heavy (non-hydrogen) atoms. The molecule has 1 aliphatic heterocycles. The van der Waals surface area contributed by atoms with Gasteiger partial charge in [0.25, 0.3) is 0 Å². The van der Waals surface area contributed by atoms with Crippen molar-refractivity contribution in [3.05, 3.63) is 65.7 Å². The first-order chi connectivity index (χ1) is 9.81. The van der Waals surface area contributed by atoms with Gasteiger partial charge < -0.3 is 9.84 Å². The molecule has 1 saturated heterocycles. The summed E-state index contributed by atoms with van der Waals surface area (Å²) in [5, 5.41) is 9.35. The Balaban J connectivity index is 1.66. The lowest BCUT2D eigenvalue weighted by Gasteiger charge is -2.33. The van der Waals surface area contributed by atoms with Gasteiger partial charge in [-0.3, -0.25) is 4.90 Å². The minimum absolute atomic E-state index is 0.0908. The Bertz CT molecular complexity index is 539. The Labute approximate surface area is 119 Å². The smallest absolute Gasteiger partial charge is 0.115 e. The van der Waals surface area contributed by atoms with E-state index in [9.17, 15) is 5.11 Å². The maximum atomic E-state index is 9.35. The predicted molar refractivity (Wildman–Crippen MR) is 78.5 cm³/mol. The third-order valence-electron chi connectivity index (χ3n) is 3.66. The van der Waals surface area contributed by atoms with Crippen molar-refractivity contribution in [2.24, 2.45) is 0 Å². The summed E-state index contributed by atoms with van der Waals surface area (Å²) < 4.78 is 5.85. The monoisotopic (exact) mass is 269 g/mol. The third-order valence-corrected chi connectivity index (χ3v) is 3.66.